The fourth-order valence-corrected chi connectivity index (χ4v) is 4.23. The number of aromatic nitrogens is 1. The fraction of sp³-hybridized carbons (Fsp3) is 0.333. The number of nitrogens with one attached hydrogen (secondary N) is 2. The second-order valence-corrected chi connectivity index (χ2v) is 7.98. The molecule has 0 unspecified atom stereocenters. The number of carbonyl (C=O) groups excluding carboxylic acids is 2. The third-order valence-corrected chi connectivity index (χ3v) is 6.05. The van der Waals surface area contributed by atoms with Gasteiger partial charge in [0.05, 0.1) is 5.56 Å². The number of carbonyl (C=O) groups is 2. The van der Waals surface area contributed by atoms with Gasteiger partial charge in [0.15, 0.2) is 0 Å². The van der Waals surface area contributed by atoms with Gasteiger partial charge in [-0.2, -0.15) is 0 Å². The fourth-order valence-electron chi connectivity index (χ4n) is 4.23. The van der Waals surface area contributed by atoms with Gasteiger partial charge in [0.1, 0.15) is 5.82 Å². The van der Waals surface area contributed by atoms with Gasteiger partial charge in [-0.15, -0.1) is 0 Å². The van der Waals surface area contributed by atoms with Crippen LogP contribution in [0.15, 0.2) is 48.7 Å². The Bertz CT molecular complexity index is 1090. The van der Waals surface area contributed by atoms with Crippen LogP contribution in [-0.2, 0) is 4.79 Å². The third-order valence-electron chi connectivity index (χ3n) is 6.05. The Labute approximate surface area is 175 Å². The molecule has 0 spiro atoms. The summed E-state index contributed by atoms with van der Waals surface area (Å²) in [6.45, 7) is 1.82. The van der Waals surface area contributed by atoms with Crippen LogP contribution in [0.5, 0.6) is 0 Å². The number of nitrogens with zero attached hydrogens (tertiary/aromatic N) is 1. The van der Waals surface area contributed by atoms with Crippen molar-refractivity contribution in [1.29, 1.82) is 0 Å². The van der Waals surface area contributed by atoms with E-state index in [1.807, 2.05) is 37.4 Å². The lowest BCUT2D eigenvalue weighted by Crippen LogP contribution is -2.38. The zero-order valence-electron chi connectivity index (χ0n) is 17.2. The van der Waals surface area contributed by atoms with E-state index in [9.17, 15) is 14.0 Å². The smallest absolute Gasteiger partial charge is 0.256 e. The maximum atomic E-state index is 14.9. The number of hydrogen-bond acceptors (Lipinski definition) is 2. The zero-order valence-corrected chi connectivity index (χ0v) is 17.2. The SMILES string of the molecule is CCC(=O)N[C@H]1CC[C@@H](N(C)C(=O)c2ccc(-c3ccc4[nH]ccc4c3)cc2F)C1. The number of amides is 2. The van der Waals surface area contributed by atoms with E-state index in [0.717, 1.165) is 34.9 Å². The molecule has 4 rings (SSSR count). The van der Waals surface area contributed by atoms with E-state index in [1.165, 1.54) is 6.07 Å². The summed E-state index contributed by atoms with van der Waals surface area (Å²) in [4.78, 5) is 29.3. The van der Waals surface area contributed by atoms with E-state index in [4.69, 9.17) is 0 Å². The maximum Gasteiger partial charge on any atom is 0.256 e. The van der Waals surface area contributed by atoms with Gasteiger partial charge < -0.3 is 15.2 Å². The van der Waals surface area contributed by atoms with Gasteiger partial charge in [0.2, 0.25) is 5.91 Å². The van der Waals surface area contributed by atoms with Crippen molar-refractivity contribution >= 4 is 22.7 Å². The van der Waals surface area contributed by atoms with E-state index in [1.54, 1.807) is 24.1 Å². The molecule has 6 heteroatoms. The number of benzene rings is 2. The second-order valence-electron chi connectivity index (χ2n) is 7.98. The van der Waals surface area contributed by atoms with Crippen molar-refractivity contribution in [2.75, 3.05) is 7.05 Å². The number of H-pyrrole nitrogens is 1. The van der Waals surface area contributed by atoms with Crippen LogP contribution in [0.1, 0.15) is 43.0 Å². The van der Waals surface area contributed by atoms with Crippen molar-refractivity contribution in [2.24, 2.45) is 0 Å². The monoisotopic (exact) mass is 407 g/mol. The summed E-state index contributed by atoms with van der Waals surface area (Å²) in [5.74, 6) is -0.825. The minimum Gasteiger partial charge on any atom is -0.361 e. The Morgan fingerprint density at radius 1 is 1.13 bits per heavy atom. The Morgan fingerprint density at radius 2 is 1.90 bits per heavy atom. The van der Waals surface area contributed by atoms with Crippen LogP contribution in [0.4, 0.5) is 4.39 Å². The number of rotatable bonds is 5. The second kappa shape index (κ2) is 8.30. The molecule has 1 aliphatic carbocycles. The summed E-state index contributed by atoms with van der Waals surface area (Å²) in [7, 11) is 1.71. The molecule has 1 aromatic heterocycles. The van der Waals surface area contributed by atoms with Gasteiger partial charge in [-0.05, 0) is 66.1 Å². The molecule has 2 N–H and O–H groups in total. The first kappa shape index (κ1) is 20.1. The van der Waals surface area contributed by atoms with Crippen LogP contribution in [0.2, 0.25) is 0 Å². The summed E-state index contributed by atoms with van der Waals surface area (Å²) >= 11 is 0. The van der Waals surface area contributed by atoms with Crippen molar-refractivity contribution in [3.63, 3.8) is 0 Å². The summed E-state index contributed by atoms with van der Waals surface area (Å²) in [6.07, 6.45) is 4.65. The molecule has 1 saturated carbocycles. The highest BCUT2D eigenvalue weighted by Crippen LogP contribution is 2.28. The quantitative estimate of drug-likeness (QED) is 0.654. The minimum atomic E-state index is -0.521. The van der Waals surface area contributed by atoms with Crippen molar-refractivity contribution in [2.45, 2.75) is 44.7 Å². The van der Waals surface area contributed by atoms with Crippen molar-refractivity contribution in [3.8, 4) is 11.1 Å². The highest BCUT2D eigenvalue weighted by atomic mass is 19.1. The van der Waals surface area contributed by atoms with E-state index in [2.05, 4.69) is 10.3 Å². The average Bonchev–Trinajstić information content (AvgIpc) is 3.41. The van der Waals surface area contributed by atoms with Crippen LogP contribution < -0.4 is 5.32 Å². The standard InChI is InChI=1S/C24H26FN3O2/c1-3-23(29)27-18-6-7-19(14-18)28(2)24(30)20-8-4-16(13-21(20)25)15-5-9-22-17(12-15)10-11-26-22/h4-5,8-13,18-19,26H,3,6-7,14H2,1-2H3,(H,27,29)/t18-,19+/m0/s1. The highest BCUT2D eigenvalue weighted by molar-refractivity contribution is 5.95. The molecular formula is C24H26FN3O2. The summed E-state index contributed by atoms with van der Waals surface area (Å²) in [6, 6.07) is 12.7. The number of fused-ring (bicyclic) bond motifs is 1. The molecule has 0 aliphatic heterocycles. The van der Waals surface area contributed by atoms with Gasteiger partial charge in [-0.25, -0.2) is 4.39 Å². The first-order valence-corrected chi connectivity index (χ1v) is 10.4. The summed E-state index contributed by atoms with van der Waals surface area (Å²) < 4.78 is 14.9. The molecule has 156 valence electrons. The molecule has 1 heterocycles. The number of aromatic amines is 1. The van der Waals surface area contributed by atoms with Crippen molar-refractivity contribution in [1.82, 2.24) is 15.2 Å². The number of halogens is 1. The first-order chi connectivity index (χ1) is 14.5. The van der Waals surface area contributed by atoms with Gasteiger partial charge >= 0.3 is 0 Å². The normalized spacial score (nSPS) is 18.5. The van der Waals surface area contributed by atoms with Gasteiger partial charge in [0.25, 0.3) is 5.91 Å². The van der Waals surface area contributed by atoms with Crippen molar-refractivity contribution in [3.05, 3.63) is 60.0 Å². The third kappa shape index (κ3) is 3.95. The molecule has 30 heavy (non-hydrogen) atoms. The average molecular weight is 407 g/mol. The minimum absolute atomic E-state index is 0.00488. The maximum absolute atomic E-state index is 14.9. The van der Waals surface area contributed by atoms with Gasteiger partial charge in [0, 0.05) is 37.3 Å². The van der Waals surface area contributed by atoms with Crippen LogP contribution in [0.25, 0.3) is 22.0 Å². The first-order valence-electron chi connectivity index (χ1n) is 10.4. The zero-order chi connectivity index (χ0) is 21.3. The predicted molar refractivity (Wildman–Crippen MR) is 116 cm³/mol. The Kier molecular flexibility index (Phi) is 5.57. The summed E-state index contributed by atoms with van der Waals surface area (Å²) in [5, 5.41) is 4.04. The predicted octanol–water partition coefficient (Wildman–Crippen LogP) is 4.49. The lowest BCUT2D eigenvalue weighted by atomic mass is 10.0. The van der Waals surface area contributed by atoms with Crippen LogP contribution in [-0.4, -0.2) is 40.8 Å². The Morgan fingerprint density at radius 3 is 2.67 bits per heavy atom. The van der Waals surface area contributed by atoms with E-state index < -0.39 is 5.82 Å². The van der Waals surface area contributed by atoms with E-state index in [0.29, 0.717) is 12.8 Å². The lowest BCUT2D eigenvalue weighted by molar-refractivity contribution is -0.121. The lowest BCUT2D eigenvalue weighted by Gasteiger charge is -2.25. The topological polar surface area (TPSA) is 65.2 Å². The molecule has 2 atom stereocenters. The molecule has 0 radical (unpaired) electrons. The number of hydrogen-bond donors (Lipinski definition) is 2. The molecule has 1 fully saturated rings. The molecule has 0 saturated heterocycles. The molecule has 3 aromatic rings. The van der Waals surface area contributed by atoms with Crippen LogP contribution in [0, 0.1) is 5.82 Å². The van der Waals surface area contributed by atoms with Gasteiger partial charge in [-0.3, -0.25) is 9.59 Å². The Balaban J connectivity index is 1.48. The van der Waals surface area contributed by atoms with Crippen LogP contribution >= 0.6 is 0 Å². The molecular weight excluding hydrogens is 381 g/mol. The van der Waals surface area contributed by atoms with Crippen LogP contribution in [0.3, 0.4) is 0 Å². The van der Waals surface area contributed by atoms with E-state index >= 15 is 0 Å². The largest absolute Gasteiger partial charge is 0.361 e. The molecule has 1 aliphatic rings. The Hall–Kier alpha value is -3.15. The van der Waals surface area contributed by atoms with Crippen molar-refractivity contribution < 1.29 is 14.0 Å². The highest BCUT2D eigenvalue weighted by Gasteiger charge is 2.31. The van der Waals surface area contributed by atoms with Gasteiger partial charge in [-0.1, -0.05) is 19.1 Å². The molecule has 2 aromatic carbocycles. The molecule has 5 nitrogen and oxygen atoms in total. The summed E-state index contributed by atoms with van der Waals surface area (Å²) in [5.41, 5.74) is 2.74. The molecule has 0 bridgehead atoms. The molecule has 2 amide bonds. The van der Waals surface area contributed by atoms with E-state index in [-0.39, 0.29) is 29.5 Å².